The molecule has 0 aliphatic rings. The highest BCUT2D eigenvalue weighted by atomic mass is 16.1. The van der Waals surface area contributed by atoms with Crippen molar-refractivity contribution < 1.29 is 4.79 Å². The minimum absolute atomic E-state index is 0.167. The Hall–Kier alpha value is -3.93. The largest absolute Gasteiger partial charge is 0.361 e. The molecule has 3 aromatic heterocycles. The van der Waals surface area contributed by atoms with E-state index in [9.17, 15) is 4.79 Å². The number of H-pyrrole nitrogens is 1. The molecule has 5 rings (SSSR count). The van der Waals surface area contributed by atoms with Crippen molar-refractivity contribution in [1.82, 2.24) is 24.9 Å². The fourth-order valence-electron chi connectivity index (χ4n) is 3.92. The van der Waals surface area contributed by atoms with Crippen LogP contribution in [0, 0.1) is 13.8 Å². The van der Waals surface area contributed by atoms with E-state index in [1.165, 1.54) is 22.1 Å². The zero-order valence-electron chi connectivity index (χ0n) is 17.5. The molecule has 5 aromatic rings. The molecule has 2 aromatic carbocycles. The molecule has 3 heterocycles. The SMILES string of the molecule is Cc1ccc(-c2ccnc3c(C(=O)NCCc4c[nH]c5ccccc45)cnn23)cc1C. The zero-order valence-corrected chi connectivity index (χ0v) is 17.5. The lowest BCUT2D eigenvalue weighted by atomic mass is 10.0. The molecule has 0 radical (unpaired) electrons. The van der Waals surface area contributed by atoms with Gasteiger partial charge in [0.1, 0.15) is 5.56 Å². The molecule has 31 heavy (non-hydrogen) atoms. The van der Waals surface area contributed by atoms with Crippen molar-refractivity contribution >= 4 is 22.5 Å². The highest BCUT2D eigenvalue weighted by Crippen LogP contribution is 2.23. The molecular formula is C25H23N5O. The van der Waals surface area contributed by atoms with Crippen LogP contribution in [0.3, 0.4) is 0 Å². The number of benzene rings is 2. The highest BCUT2D eigenvalue weighted by molar-refractivity contribution is 6.00. The molecule has 2 N–H and O–H groups in total. The molecule has 1 amide bonds. The minimum atomic E-state index is -0.167. The molecule has 0 aliphatic heterocycles. The lowest BCUT2D eigenvalue weighted by Gasteiger charge is -2.08. The van der Waals surface area contributed by atoms with Crippen LogP contribution in [0.2, 0.25) is 0 Å². The summed E-state index contributed by atoms with van der Waals surface area (Å²) in [4.78, 5) is 20.5. The first-order valence-electron chi connectivity index (χ1n) is 10.4. The van der Waals surface area contributed by atoms with Gasteiger partial charge in [-0.2, -0.15) is 5.10 Å². The van der Waals surface area contributed by atoms with E-state index in [-0.39, 0.29) is 5.91 Å². The summed E-state index contributed by atoms with van der Waals surface area (Å²) in [5.41, 5.74) is 7.73. The average Bonchev–Trinajstić information content (AvgIpc) is 3.40. The zero-order chi connectivity index (χ0) is 21.4. The maximum Gasteiger partial charge on any atom is 0.256 e. The second-order valence-corrected chi connectivity index (χ2v) is 7.79. The quantitative estimate of drug-likeness (QED) is 0.450. The van der Waals surface area contributed by atoms with Gasteiger partial charge in [-0.05, 0) is 55.2 Å². The van der Waals surface area contributed by atoms with Gasteiger partial charge in [0, 0.05) is 35.4 Å². The fourth-order valence-corrected chi connectivity index (χ4v) is 3.92. The molecular weight excluding hydrogens is 386 g/mol. The molecule has 0 atom stereocenters. The van der Waals surface area contributed by atoms with Gasteiger partial charge < -0.3 is 10.3 Å². The molecule has 6 heteroatoms. The lowest BCUT2D eigenvalue weighted by Crippen LogP contribution is -2.25. The molecule has 0 fully saturated rings. The number of para-hydroxylation sites is 1. The Morgan fingerprint density at radius 3 is 2.84 bits per heavy atom. The fraction of sp³-hybridized carbons (Fsp3) is 0.160. The number of hydrogen-bond acceptors (Lipinski definition) is 3. The molecule has 0 aliphatic carbocycles. The van der Waals surface area contributed by atoms with E-state index in [1.54, 1.807) is 16.9 Å². The number of nitrogens with zero attached hydrogens (tertiary/aromatic N) is 3. The first-order valence-corrected chi connectivity index (χ1v) is 10.4. The van der Waals surface area contributed by atoms with Crippen LogP contribution >= 0.6 is 0 Å². The van der Waals surface area contributed by atoms with Gasteiger partial charge in [-0.15, -0.1) is 0 Å². The van der Waals surface area contributed by atoms with Crippen LogP contribution in [0.25, 0.3) is 27.8 Å². The van der Waals surface area contributed by atoms with Crippen LogP contribution in [0.5, 0.6) is 0 Å². The van der Waals surface area contributed by atoms with Crippen molar-refractivity contribution in [1.29, 1.82) is 0 Å². The number of carbonyl (C=O) groups excluding carboxylic acids is 1. The van der Waals surface area contributed by atoms with E-state index >= 15 is 0 Å². The molecule has 0 spiro atoms. The summed E-state index contributed by atoms with van der Waals surface area (Å²) in [5.74, 6) is -0.167. The lowest BCUT2D eigenvalue weighted by molar-refractivity contribution is 0.0955. The van der Waals surface area contributed by atoms with E-state index in [0.717, 1.165) is 23.2 Å². The molecule has 154 valence electrons. The van der Waals surface area contributed by atoms with Gasteiger partial charge in [-0.1, -0.05) is 30.3 Å². The highest BCUT2D eigenvalue weighted by Gasteiger charge is 2.16. The number of aryl methyl sites for hydroxylation is 2. The summed E-state index contributed by atoms with van der Waals surface area (Å²) < 4.78 is 1.73. The predicted octanol–water partition coefficient (Wildman–Crippen LogP) is 4.47. The van der Waals surface area contributed by atoms with E-state index in [2.05, 4.69) is 64.6 Å². The topological polar surface area (TPSA) is 75.1 Å². The third-order valence-corrected chi connectivity index (χ3v) is 5.80. The summed E-state index contributed by atoms with van der Waals surface area (Å²) in [7, 11) is 0. The smallest absolute Gasteiger partial charge is 0.256 e. The van der Waals surface area contributed by atoms with E-state index < -0.39 is 0 Å². The van der Waals surface area contributed by atoms with Gasteiger partial charge in [0.2, 0.25) is 0 Å². The minimum Gasteiger partial charge on any atom is -0.361 e. The van der Waals surface area contributed by atoms with Crippen molar-refractivity contribution in [2.75, 3.05) is 6.54 Å². The van der Waals surface area contributed by atoms with Crippen LogP contribution in [-0.4, -0.2) is 32.0 Å². The normalized spacial score (nSPS) is 11.3. The number of aromatic amines is 1. The summed E-state index contributed by atoms with van der Waals surface area (Å²) >= 11 is 0. The average molecular weight is 409 g/mol. The number of aromatic nitrogens is 4. The summed E-state index contributed by atoms with van der Waals surface area (Å²) in [5, 5.41) is 8.65. The molecule has 0 saturated carbocycles. The third kappa shape index (κ3) is 3.46. The van der Waals surface area contributed by atoms with E-state index in [1.807, 2.05) is 24.4 Å². The monoisotopic (exact) mass is 409 g/mol. The van der Waals surface area contributed by atoms with Crippen LogP contribution in [0.4, 0.5) is 0 Å². The van der Waals surface area contributed by atoms with Crippen LogP contribution < -0.4 is 5.32 Å². The van der Waals surface area contributed by atoms with Gasteiger partial charge in [-0.25, -0.2) is 9.50 Å². The Morgan fingerprint density at radius 2 is 1.97 bits per heavy atom. The summed E-state index contributed by atoms with van der Waals surface area (Å²) in [6, 6.07) is 16.4. The Kier molecular flexibility index (Phi) is 4.75. The van der Waals surface area contributed by atoms with Gasteiger partial charge in [0.05, 0.1) is 11.9 Å². The second-order valence-electron chi connectivity index (χ2n) is 7.79. The van der Waals surface area contributed by atoms with Gasteiger partial charge >= 0.3 is 0 Å². The number of fused-ring (bicyclic) bond motifs is 2. The van der Waals surface area contributed by atoms with Crippen molar-refractivity contribution in [3.63, 3.8) is 0 Å². The maximum atomic E-state index is 12.8. The Bertz CT molecular complexity index is 1410. The number of hydrogen-bond donors (Lipinski definition) is 2. The van der Waals surface area contributed by atoms with Crippen LogP contribution in [-0.2, 0) is 6.42 Å². The number of carbonyl (C=O) groups is 1. The summed E-state index contributed by atoms with van der Waals surface area (Å²) in [6.07, 6.45) is 6.07. The van der Waals surface area contributed by atoms with Crippen molar-refractivity contribution in [2.24, 2.45) is 0 Å². The first kappa shape index (κ1) is 19.1. The third-order valence-electron chi connectivity index (χ3n) is 5.80. The van der Waals surface area contributed by atoms with Gasteiger partial charge in [-0.3, -0.25) is 4.79 Å². The van der Waals surface area contributed by atoms with Crippen LogP contribution in [0.1, 0.15) is 27.0 Å². The molecule has 0 unspecified atom stereocenters. The predicted molar refractivity (Wildman–Crippen MR) is 122 cm³/mol. The van der Waals surface area contributed by atoms with E-state index in [0.29, 0.717) is 17.8 Å². The van der Waals surface area contributed by atoms with Gasteiger partial charge in [0.25, 0.3) is 5.91 Å². The second kappa shape index (κ2) is 7.72. The number of rotatable bonds is 5. The molecule has 0 bridgehead atoms. The van der Waals surface area contributed by atoms with Crippen molar-refractivity contribution in [3.05, 3.63) is 89.4 Å². The molecule has 6 nitrogen and oxygen atoms in total. The van der Waals surface area contributed by atoms with E-state index in [4.69, 9.17) is 0 Å². The number of amides is 1. The summed E-state index contributed by atoms with van der Waals surface area (Å²) in [6.45, 7) is 4.72. The Morgan fingerprint density at radius 1 is 1.10 bits per heavy atom. The Balaban J connectivity index is 1.36. The molecule has 0 saturated heterocycles. The standard InChI is InChI=1S/C25H23N5O/c1-16-7-8-18(13-17(16)2)23-10-12-26-24-21(15-29-30(23)24)25(31)27-11-9-19-14-28-22-6-4-3-5-20(19)22/h3-8,10,12-15,28H,9,11H2,1-2H3,(H,27,31). The van der Waals surface area contributed by atoms with Crippen molar-refractivity contribution in [2.45, 2.75) is 20.3 Å². The Labute approximate surface area is 179 Å². The first-order chi connectivity index (χ1) is 15.1. The van der Waals surface area contributed by atoms with Gasteiger partial charge in [0.15, 0.2) is 5.65 Å². The maximum absolute atomic E-state index is 12.8. The number of nitrogens with one attached hydrogen (secondary N) is 2. The van der Waals surface area contributed by atoms with Crippen LogP contribution in [0.15, 0.2) is 67.1 Å². The van der Waals surface area contributed by atoms with Crippen molar-refractivity contribution in [3.8, 4) is 11.3 Å².